The first kappa shape index (κ1) is 15.1. The summed E-state index contributed by atoms with van der Waals surface area (Å²) in [5.41, 5.74) is 3.19. The van der Waals surface area contributed by atoms with Gasteiger partial charge in [-0.3, -0.25) is 4.79 Å². The van der Waals surface area contributed by atoms with Crippen molar-refractivity contribution in [3.05, 3.63) is 64.2 Å². The molecule has 0 unspecified atom stereocenters. The summed E-state index contributed by atoms with van der Waals surface area (Å²) in [6.07, 6.45) is 1.03. The molecular weight excluding hydrogens is 284 g/mol. The minimum absolute atomic E-state index is 0.128. The molecule has 3 nitrogen and oxygen atoms in total. The van der Waals surface area contributed by atoms with Gasteiger partial charge in [0.1, 0.15) is 6.07 Å². The van der Waals surface area contributed by atoms with Crippen LogP contribution in [0.15, 0.2) is 42.5 Å². The molecule has 1 amide bonds. The Morgan fingerprint density at radius 2 is 2.05 bits per heavy atom. The van der Waals surface area contributed by atoms with E-state index in [1.54, 1.807) is 18.2 Å². The average Bonchev–Trinajstić information content (AvgIpc) is 2.47. The number of hydrogen-bond donors (Lipinski definition) is 1. The Kier molecular flexibility index (Phi) is 4.97. The number of halogens is 1. The molecule has 0 aliphatic rings. The van der Waals surface area contributed by atoms with E-state index < -0.39 is 0 Å². The highest BCUT2D eigenvalue weighted by atomic mass is 35.5. The highest BCUT2D eigenvalue weighted by Gasteiger charge is 2.08. The molecular formula is C17H15ClN2O. The molecule has 4 heteroatoms. The molecule has 2 aromatic rings. The Hall–Kier alpha value is -2.31. The fraction of sp³-hybridized carbons (Fsp3) is 0.176. The molecule has 1 N–H and O–H groups in total. The van der Waals surface area contributed by atoms with Gasteiger partial charge >= 0.3 is 0 Å². The van der Waals surface area contributed by atoms with Crippen LogP contribution in [0.1, 0.15) is 23.1 Å². The first-order valence-corrected chi connectivity index (χ1v) is 7.02. The first-order valence-electron chi connectivity index (χ1n) is 6.64. The van der Waals surface area contributed by atoms with Crippen molar-refractivity contribution in [3.8, 4) is 6.07 Å². The zero-order valence-electron chi connectivity index (χ0n) is 11.7. The third-order valence-corrected chi connectivity index (χ3v) is 3.49. The molecule has 0 aliphatic heterocycles. The van der Waals surface area contributed by atoms with E-state index >= 15 is 0 Å². The van der Waals surface area contributed by atoms with Crippen LogP contribution in [0.4, 0.5) is 5.69 Å². The maximum Gasteiger partial charge on any atom is 0.224 e. The number of carbonyl (C=O) groups is 1. The molecule has 0 aromatic heterocycles. The fourth-order valence-corrected chi connectivity index (χ4v) is 2.24. The monoisotopic (exact) mass is 298 g/mol. The van der Waals surface area contributed by atoms with E-state index in [0.29, 0.717) is 29.1 Å². The van der Waals surface area contributed by atoms with Gasteiger partial charge in [-0.1, -0.05) is 35.9 Å². The van der Waals surface area contributed by atoms with Gasteiger partial charge in [-0.15, -0.1) is 0 Å². The highest BCUT2D eigenvalue weighted by Crippen LogP contribution is 2.20. The maximum absolute atomic E-state index is 12.0. The summed E-state index contributed by atoms with van der Waals surface area (Å²) in [4.78, 5) is 12.0. The van der Waals surface area contributed by atoms with Gasteiger partial charge in [0.05, 0.1) is 11.3 Å². The summed E-state index contributed by atoms with van der Waals surface area (Å²) in [6.45, 7) is 2.03. The molecule has 2 rings (SSSR count). The van der Waals surface area contributed by atoms with E-state index in [1.807, 2.05) is 37.3 Å². The largest absolute Gasteiger partial charge is 0.325 e. The van der Waals surface area contributed by atoms with Crippen LogP contribution in [-0.4, -0.2) is 5.91 Å². The van der Waals surface area contributed by atoms with Crippen molar-refractivity contribution in [2.24, 2.45) is 0 Å². The second kappa shape index (κ2) is 6.92. The van der Waals surface area contributed by atoms with Crippen molar-refractivity contribution in [2.45, 2.75) is 19.8 Å². The molecule has 0 aliphatic carbocycles. The van der Waals surface area contributed by atoms with Crippen LogP contribution >= 0.6 is 11.6 Å². The molecule has 0 bridgehead atoms. The molecule has 0 radical (unpaired) electrons. The zero-order valence-corrected chi connectivity index (χ0v) is 12.4. The number of benzene rings is 2. The van der Waals surface area contributed by atoms with Crippen molar-refractivity contribution in [1.82, 2.24) is 0 Å². The third kappa shape index (κ3) is 4.08. The molecule has 0 spiro atoms. The SMILES string of the molecule is Cc1ccccc1CCC(=O)Nc1cc(Cl)ccc1C#N. The van der Waals surface area contributed by atoms with Crippen LogP contribution < -0.4 is 5.32 Å². The molecule has 2 aromatic carbocycles. The number of amides is 1. The van der Waals surface area contributed by atoms with Gasteiger partial charge in [-0.2, -0.15) is 5.26 Å². The Balaban J connectivity index is 2.01. The summed E-state index contributed by atoms with van der Waals surface area (Å²) in [5.74, 6) is -0.128. The molecule has 0 saturated carbocycles. The molecule has 0 fully saturated rings. The third-order valence-electron chi connectivity index (χ3n) is 3.26. The van der Waals surface area contributed by atoms with Gasteiger partial charge in [0.25, 0.3) is 0 Å². The van der Waals surface area contributed by atoms with E-state index in [0.717, 1.165) is 5.56 Å². The number of nitrogens with zero attached hydrogens (tertiary/aromatic N) is 1. The summed E-state index contributed by atoms with van der Waals surface area (Å²) in [7, 11) is 0. The Morgan fingerprint density at radius 1 is 1.29 bits per heavy atom. The first-order chi connectivity index (χ1) is 10.1. The predicted molar refractivity (Wildman–Crippen MR) is 84.3 cm³/mol. The number of aryl methyl sites for hydroxylation is 2. The Labute approximate surface area is 129 Å². The molecule has 21 heavy (non-hydrogen) atoms. The van der Waals surface area contributed by atoms with Gasteiger partial charge in [0.15, 0.2) is 0 Å². The van der Waals surface area contributed by atoms with E-state index in [9.17, 15) is 4.79 Å². The molecule has 0 saturated heterocycles. The Morgan fingerprint density at radius 3 is 2.76 bits per heavy atom. The fourth-order valence-electron chi connectivity index (χ4n) is 2.07. The second-order valence-electron chi connectivity index (χ2n) is 4.78. The number of nitriles is 1. The number of anilines is 1. The minimum atomic E-state index is -0.128. The molecule has 0 atom stereocenters. The van der Waals surface area contributed by atoms with Gasteiger partial charge in [-0.25, -0.2) is 0 Å². The maximum atomic E-state index is 12.0. The smallest absolute Gasteiger partial charge is 0.224 e. The summed E-state index contributed by atoms with van der Waals surface area (Å²) < 4.78 is 0. The van der Waals surface area contributed by atoms with Crippen molar-refractivity contribution < 1.29 is 4.79 Å². The van der Waals surface area contributed by atoms with E-state index in [2.05, 4.69) is 5.32 Å². The zero-order chi connectivity index (χ0) is 15.2. The summed E-state index contributed by atoms with van der Waals surface area (Å²) >= 11 is 5.89. The van der Waals surface area contributed by atoms with Gasteiger partial charge in [0.2, 0.25) is 5.91 Å². The van der Waals surface area contributed by atoms with Crippen molar-refractivity contribution in [2.75, 3.05) is 5.32 Å². The van der Waals surface area contributed by atoms with Gasteiger partial charge < -0.3 is 5.32 Å². The van der Waals surface area contributed by atoms with Crippen LogP contribution in [0.2, 0.25) is 5.02 Å². The van der Waals surface area contributed by atoms with Crippen LogP contribution in [0, 0.1) is 18.3 Å². The number of nitrogens with one attached hydrogen (secondary N) is 1. The minimum Gasteiger partial charge on any atom is -0.325 e. The number of carbonyl (C=O) groups excluding carboxylic acids is 1. The van der Waals surface area contributed by atoms with Crippen molar-refractivity contribution >= 4 is 23.2 Å². The molecule has 0 heterocycles. The van der Waals surface area contributed by atoms with Crippen molar-refractivity contribution in [3.63, 3.8) is 0 Å². The van der Waals surface area contributed by atoms with Crippen LogP contribution in [0.5, 0.6) is 0 Å². The van der Waals surface area contributed by atoms with Crippen molar-refractivity contribution in [1.29, 1.82) is 5.26 Å². The van der Waals surface area contributed by atoms with E-state index in [-0.39, 0.29) is 5.91 Å². The highest BCUT2D eigenvalue weighted by molar-refractivity contribution is 6.31. The lowest BCUT2D eigenvalue weighted by molar-refractivity contribution is -0.116. The Bertz CT molecular complexity index is 704. The van der Waals surface area contributed by atoms with Gasteiger partial charge in [-0.05, 0) is 42.7 Å². The van der Waals surface area contributed by atoms with Crippen LogP contribution in [0.25, 0.3) is 0 Å². The predicted octanol–water partition coefficient (Wildman–Crippen LogP) is 4.09. The van der Waals surface area contributed by atoms with Gasteiger partial charge in [0, 0.05) is 11.4 Å². The summed E-state index contributed by atoms with van der Waals surface area (Å²) in [5, 5.41) is 12.3. The van der Waals surface area contributed by atoms with E-state index in [1.165, 1.54) is 5.56 Å². The second-order valence-corrected chi connectivity index (χ2v) is 5.21. The standard InChI is InChI=1S/C17H15ClN2O/c1-12-4-2-3-5-13(12)7-9-17(21)20-16-10-15(18)8-6-14(16)11-19/h2-6,8,10H,7,9H2,1H3,(H,20,21). The quantitative estimate of drug-likeness (QED) is 0.924. The number of rotatable bonds is 4. The van der Waals surface area contributed by atoms with Crippen LogP contribution in [-0.2, 0) is 11.2 Å². The normalized spacial score (nSPS) is 9.95. The lowest BCUT2D eigenvalue weighted by Crippen LogP contribution is -2.13. The molecule has 106 valence electrons. The summed E-state index contributed by atoms with van der Waals surface area (Å²) in [6, 6.07) is 14.8. The van der Waals surface area contributed by atoms with Crippen LogP contribution in [0.3, 0.4) is 0 Å². The number of hydrogen-bond acceptors (Lipinski definition) is 2. The topological polar surface area (TPSA) is 52.9 Å². The lowest BCUT2D eigenvalue weighted by atomic mass is 10.0. The lowest BCUT2D eigenvalue weighted by Gasteiger charge is -2.08. The van der Waals surface area contributed by atoms with E-state index in [4.69, 9.17) is 16.9 Å². The average molecular weight is 299 g/mol.